The molecule has 1 N–H and O–H groups in total. The Morgan fingerprint density at radius 3 is 2.38 bits per heavy atom. The van der Waals surface area contributed by atoms with Crippen LogP contribution in [0.5, 0.6) is 0 Å². The van der Waals surface area contributed by atoms with Crippen molar-refractivity contribution < 1.29 is 13.2 Å². The van der Waals surface area contributed by atoms with Crippen LogP contribution in [0.3, 0.4) is 0 Å². The predicted molar refractivity (Wildman–Crippen MR) is 105 cm³/mol. The standard InChI is InChI=1S/C20H24N2O3S/c1-13(2)15-5-8-18(9-6-15)21-20(23)16-7-10-19-17(12-16)11-14(3)22(19)26(4,24)25/h5-10,12-14H,11H2,1-4H3,(H,21,23). The van der Waals surface area contributed by atoms with Gasteiger partial charge in [-0.2, -0.15) is 0 Å². The average Bonchev–Trinajstić information content (AvgIpc) is 2.90. The maximum Gasteiger partial charge on any atom is 0.255 e. The summed E-state index contributed by atoms with van der Waals surface area (Å²) < 4.78 is 25.4. The molecule has 1 aliphatic heterocycles. The Morgan fingerprint density at radius 1 is 1.15 bits per heavy atom. The minimum absolute atomic E-state index is 0.137. The number of carbonyl (C=O) groups excluding carboxylic acids is 1. The molecule has 5 nitrogen and oxygen atoms in total. The molecular weight excluding hydrogens is 348 g/mol. The largest absolute Gasteiger partial charge is 0.322 e. The first-order chi connectivity index (χ1) is 12.2. The average molecular weight is 372 g/mol. The number of nitrogens with one attached hydrogen (secondary N) is 1. The van der Waals surface area contributed by atoms with E-state index in [1.54, 1.807) is 18.2 Å². The number of anilines is 2. The highest BCUT2D eigenvalue weighted by Crippen LogP contribution is 2.34. The second-order valence-corrected chi connectivity index (χ2v) is 9.05. The van der Waals surface area contributed by atoms with Crippen molar-refractivity contribution >= 4 is 27.3 Å². The van der Waals surface area contributed by atoms with Crippen LogP contribution in [-0.4, -0.2) is 26.6 Å². The number of amides is 1. The molecule has 1 heterocycles. The fraction of sp³-hybridized carbons (Fsp3) is 0.350. The molecule has 0 saturated carbocycles. The zero-order chi connectivity index (χ0) is 19.1. The Balaban J connectivity index is 1.81. The summed E-state index contributed by atoms with van der Waals surface area (Å²) in [6, 6.07) is 12.9. The zero-order valence-electron chi connectivity index (χ0n) is 15.5. The third-order valence-electron chi connectivity index (χ3n) is 4.69. The van der Waals surface area contributed by atoms with Gasteiger partial charge in [0.2, 0.25) is 10.0 Å². The lowest BCUT2D eigenvalue weighted by atomic mass is 10.0. The molecule has 138 valence electrons. The van der Waals surface area contributed by atoms with Crippen molar-refractivity contribution in [1.29, 1.82) is 0 Å². The summed E-state index contributed by atoms with van der Waals surface area (Å²) in [4.78, 5) is 12.5. The van der Waals surface area contributed by atoms with Gasteiger partial charge < -0.3 is 5.32 Å². The van der Waals surface area contributed by atoms with Gasteiger partial charge in [-0.1, -0.05) is 26.0 Å². The van der Waals surface area contributed by atoms with Gasteiger partial charge in [0.15, 0.2) is 0 Å². The monoisotopic (exact) mass is 372 g/mol. The van der Waals surface area contributed by atoms with E-state index < -0.39 is 10.0 Å². The molecule has 1 unspecified atom stereocenters. The van der Waals surface area contributed by atoms with E-state index >= 15 is 0 Å². The second-order valence-electron chi connectivity index (χ2n) is 7.19. The van der Waals surface area contributed by atoms with Crippen LogP contribution in [-0.2, 0) is 16.4 Å². The molecule has 26 heavy (non-hydrogen) atoms. The first kappa shape index (κ1) is 18.5. The molecule has 0 aromatic heterocycles. The van der Waals surface area contributed by atoms with Crippen LogP contribution in [0, 0.1) is 0 Å². The number of rotatable bonds is 4. The maximum absolute atomic E-state index is 12.5. The van der Waals surface area contributed by atoms with E-state index in [0.29, 0.717) is 23.6 Å². The molecular formula is C20H24N2O3S. The lowest BCUT2D eigenvalue weighted by molar-refractivity contribution is 0.102. The summed E-state index contributed by atoms with van der Waals surface area (Å²) in [5.41, 5.74) is 4.03. The normalized spacial score (nSPS) is 16.7. The third-order valence-corrected chi connectivity index (χ3v) is 5.96. The molecule has 1 aliphatic rings. The molecule has 1 amide bonds. The Hall–Kier alpha value is -2.34. The van der Waals surface area contributed by atoms with E-state index in [1.165, 1.54) is 16.1 Å². The summed E-state index contributed by atoms with van der Waals surface area (Å²) >= 11 is 0. The minimum Gasteiger partial charge on any atom is -0.322 e. The van der Waals surface area contributed by atoms with Crippen molar-refractivity contribution in [2.24, 2.45) is 0 Å². The summed E-state index contributed by atoms with van der Waals surface area (Å²) in [5.74, 6) is 0.242. The smallest absolute Gasteiger partial charge is 0.255 e. The van der Waals surface area contributed by atoms with Crippen LogP contribution < -0.4 is 9.62 Å². The zero-order valence-corrected chi connectivity index (χ0v) is 16.3. The SMILES string of the molecule is CC(C)c1ccc(NC(=O)c2ccc3c(c2)CC(C)N3S(C)(=O)=O)cc1. The number of hydrogen-bond acceptors (Lipinski definition) is 3. The van der Waals surface area contributed by atoms with Crippen LogP contribution >= 0.6 is 0 Å². The number of sulfonamides is 1. The summed E-state index contributed by atoms with van der Waals surface area (Å²) in [7, 11) is -3.33. The number of carbonyl (C=O) groups is 1. The second kappa shape index (κ2) is 6.76. The van der Waals surface area contributed by atoms with E-state index in [2.05, 4.69) is 19.2 Å². The Morgan fingerprint density at radius 2 is 1.81 bits per heavy atom. The van der Waals surface area contributed by atoms with Crippen molar-refractivity contribution in [3.63, 3.8) is 0 Å². The summed E-state index contributed by atoms with van der Waals surface area (Å²) in [6.45, 7) is 6.12. The number of fused-ring (bicyclic) bond motifs is 1. The summed E-state index contributed by atoms with van der Waals surface area (Å²) in [6.07, 6.45) is 1.81. The molecule has 1 atom stereocenters. The molecule has 6 heteroatoms. The predicted octanol–water partition coefficient (Wildman–Crippen LogP) is 3.77. The van der Waals surface area contributed by atoms with Gasteiger partial charge >= 0.3 is 0 Å². The maximum atomic E-state index is 12.5. The summed E-state index contributed by atoms with van der Waals surface area (Å²) in [5, 5.41) is 2.90. The Bertz CT molecular complexity index is 934. The molecule has 0 aliphatic carbocycles. The quantitative estimate of drug-likeness (QED) is 0.888. The lowest BCUT2D eigenvalue weighted by Gasteiger charge is -2.21. The molecule has 2 aromatic rings. The van der Waals surface area contributed by atoms with Gasteiger partial charge in [-0.25, -0.2) is 8.42 Å². The molecule has 0 radical (unpaired) electrons. The number of benzene rings is 2. The number of nitrogens with zero attached hydrogens (tertiary/aromatic N) is 1. The van der Waals surface area contributed by atoms with E-state index in [1.807, 2.05) is 31.2 Å². The molecule has 3 rings (SSSR count). The highest BCUT2D eigenvalue weighted by Gasteiger charge is 2.32. The number of hydrogen-bond donors (Lipinski definition) is 1. The highest BCUT2D eigenvalue weighted by molar-refractivity contribution is 7.92. The van der Waals surface area contributed by atoms with Gasteiger partial charge in [-0.05, 0) is 60.7 Å². The van der Waals surface area contributed by atoms with Crippen LogP contribution in [0.1, 0.15) is 48.2 Å². The fourth-order valence-electron chi connectivity index (χ4n) is 3.40. The van der Waals surface area contributed by atoms with Crippen molar-refractivity contribution in [3.8, 4) is 0 Å². The van der Waals surface area contributed by atoms with Crippen molar-refractivity contribution in [2.45, 2.75) is 39.2 Å². The van der Waals surface area contributed by atoms with Crippen LogP contribution in [0.4, 0.5) is 11.4 Å². The fourth-order valence-corrected chi connectivity index (χ4v) is 4.67. The van der Waals surface area contributed by atoms with Gasteiger partial charge in [0.25, 0.3) is 5.91 Å². The van der Waals surface area contributed by atoms with E-state index in [-0.39, 0.29) is 11.9 Å². The van der Waals surface area contributed by atoms with Gasteiger partial charge in [0.05, 0.1) is 11.9 Å². The Kier molecular flexibility index (Phi) is 4.80. The third kappa shape index (κ3) is 3.60. The highest BCUT2D eigenvalue weighted by atomic mass is 32.2. The first-order valence-corrected chi connectivity index (χ1v) is 10.6. The van der Waals surface area contributed by atoms with Gasteiger partial charge in [-0.15, -0.1) is 0 Å². The Labute approximate surface area is 155 Å². The van der Waals surface area contributed by atoms with E-state index in [9.17, 15) is 13.2 Å². The lowest BCUT2D eigenvalue weighted by Crippen LogP contribution is -2.34. The molecule has 0 bridgehead atoms. The molecule has 0 saturated heterocycles. The van der Waals surface area contributed by atoms with Crippen molar-refractivity contribution in [3.05, 3.63) is 59.2 Å². The minimum atomic E-state index is -3.33. The van der Waals surface area contributed by atoms with E-state index in [0.717, 1.165) is 11.3 Å². The van der Waals surface area contributed by atoms with Gasteiger partial charge in [0, 0.05) is 17.3 Å². The van der Waals surface area contributed by atoms with Crippen molar-refractivity contribution in [1.82, 2.24) is 0 Å². The topological polar surface area (TPSA) is 66.5 Å². The van der Waals surface area contributed by atoms with Crippen LogP contribution in [0.2, 0.25) is 0 Å². The van der Waals surface area contributed by atoms with E-state index in [4.69, 9.17) is 0 Å². The van der Waals surface area contributed by atoms with Gasteiger partial charge in [-0.3, -0.25) is 9.10 Å². The van der Waals surface area contributed by atoms with Crippen LogP contribution in [0.15, 0.2) is 42.5 Å². The molecule has 0 fully saturated rings. The van der Waals surface area contributed by atoms with Crippen molar-refractivity contribution in [2.75, 3.05) is 15.9 Å². The molecule has 0 spiro atoms. The first-order valence-electron chi connectivity index (χ1n) is 8.70. The van der Waals surface area contributed by atoms with Gasteiger partial charge in [0.1, 0.15) is 0 Å². The van der Waals surface area contributed by atoms with Crippen LogP contribution in [0.25, 0.3) is 0 Å². The molecule has 2 aromatic carbocycles.